The fourth-order valence-corrected chi connectivity index (χ4v) is 3.75. The predicted molar refractivity (Wildman–Crippen MR) is 78.1 cm³/mol. The smallest absolute Gasteiger partial charge is 0.308 e. The van der Waals surface area contributed by atoms with E-state index in [0.29, 0.717) is 16.9 Å². The van der Waals surface area contributed by atoms with Crippen LogP contribution in [0, 0.1) is 6.92 Å². The summed E-state index contributed by atoms with van der Waals surface area (Å²) < 4.78 is 37.9. The van der Waals surface area contributed by atoms with Crippen LogP contribution in [0.4, 0.5) is 0 Å². The Hall–Kier alpha value is -1.40. The van der Waals surface area contributed by atoms with Crippen LogP contribution in [0.15, 0.2) is 17.0 Å². The lowest BCUT2D eigenvalue weighted by molar-refractivity contribution is -0.131. The van der Waals surface area contributed by atoms with E-state index in [0.717, 1.165) is 32.1 Å². The van der Waals surface area contributed by atoms with Gasteiger partial charge in [0.15, 0.2) is 0 Å². The fourth-order valence-electron chi connectivity index (χ4n) is 2.90. The van der Waals surface area contributed by atoms with Gasteiger partial charge in [0.25, 0.3) is 10.1 Å². The molecule has 2 rings (SSSR count). The highest BCUT2D eigenvalue weighted by molar-refractivity contribution is 7.85. The molecule has 0 spiro atoms. The van der Waals surface area contributed by atoms with Crippen LogP contribution in [-0.2, 0) is 14.9 Å². The molecule has 0 radical (unpaired) electrons. The summed E-state index contributed by atoms with van der Waals surface area (Å²) in [6.07, 6.45) is 4.97. The first-order valence-electron chi connectivity index (χ1n) is 7.09. The molecule has 0 unspecified atom stereocenters. The van der Waals surface area contributed by atoms with E-state index >= 15 is 0 Å². The van der Waals surface area contributed by atoms with Gasteiger partial charge in [-0.3, -0.25) is 9.35 Å². The summed E-state index contributed by atoms with van der Waals surface area (Å²) in [6.45, 7) is 2.95. The Morgan fingerprint density at radius 2 is 1.86 bits per heavy atom. The maximum Gasteiger partial charge on any atom is 0.308 e. The summed E-state index contributed by atoms with van der Waals surface area (Å²) in [5.74, 6) is -0.0200. The molecule has 0 heterocycles. The lowest BCUT2D eigenvalue weighted by Crippen LogP contribution is -2.12. The summed E-state index contributed by atoms with van der Waals surface area (Å²) in [4.78, 5) is 11.1. The van der Waals surface area contributed by atoms with Crippen molar-refractivity contribution in [2.75, 3.05) is 0 Å². The zero-order valence-corrected chi connectivity index (χ0v) is 13.1. The van der Waals surface area contributed by atoms with Crippen molar-refractivity contribution in [2.24, 2.45) is 0 Å². The minimum atomic E-state index is -4.29. The summed E-state index contributed by atoms with van der Waals surface area (Å²) in [6, 6.07) is 2.98. The molecule has 0 aromatic heterocycles. The average Bonchev–Trinajstić information content (AvgIpc) is 2.40. The summed E-state index contributed by atoms with van der Waals surface area (Å²) in [7, 11) is -4.29. The molecule has 21 heavy (non-hydrogen) atoms. The Bertz CT molecular complexity index is 642. The molecule has 0 atom stereocenters. The molecule has 0 saturated heterocycles. The zero-order chi connectivity index (χ0) is 15.6. The van der Waals surface area contributed by atoms with Crippen LogP contribution in [0.25, 0.3) is 0 Å². The first kappa shape index (κ1) is 16.0. The van der Waals surface area contributed by atoms with Crippen LogP contribution in [0.1, 0.15) is 56.1 Å². The van der Waals surface area contributed by atoms with E-state index in [2.05, 4.69) is 0 Å². The van der Waals surface area contributed by atoms with Gasteiger partial charge >= 0.3 is 5.97 Å². The van der Waals surface area contributed by atoms with Crippen LogP contribution < -0.4 is 4.74 Å². The second-order valence-electron chi connectivity index (χ2n) is 5.56. The second-order valence-corrected chi connectivity index (χ2v) is 6.95. The highest BCUT2D eigenvalue weighted by Crippen LogP contribution is 2.38. The number of hydrogen-bond acceptors (Lipinski definition) is 4. The average molecular weight is 312 g/mol. The molecule has 1 fully saturated rings. The molecule has 1 aliphatic carbocycles. The van der Waals surface area contributed by atoms with Gasteiger partial charge in [0.2, 0.25) is 0 Å². The van der Waals surface area contributed by atoms with Crippen molar-refractivity contribution < 1.29 is 22.5 Å². The number of ether oxygens (including phenoxy) is 1. The lowest BCUT2D eigenvalue weighted by Gasteiger charge is -2.24. The second kappa shape index (κ2) is 6.15. The quantitative estimate of drug-likeness (QED) is 0.526. The Kier molecular flexibility index (Phi) is 4.68. The first-order valence-corrected chi connectivity index (χ1v) is 8.53. The SMILES string of the molecule is CC(=O)Oc1cc(C2CCCCC2)c(S(=O)(=O)O)cc1C. The van der Waals surface area contributed by atoms with Gasteiger partial charge in [-0.05, 0) is 48.9 Å². The Labute approximate surface area is 125 Å². The largest absolute Gasteiger partial charge is 0.426 e. The highest BCUT2D eigenvalue weighted by atomic mass is 32.2. The molecule has 5 nitrogen and oxygen atoms in total. The molecule has 6 heteroatoms. The van der Waals surface area contributed by atoms with Gasteiger partial charge in [-0.1, -0.05) is 19.3 Å². The van der Waals surface area contributed by atoms with Gasteiger partial charge < -0.3 is 4.74 Å². The van der Waals surface area contributed by atoms with E-state index < -0.39 is 16.1 Å². The molecule has 0 bridgehead atoms. The Morgan fingerprint density at radius 1 is 1.24 bits per heavy atom. The van der Waals surface area contributed by atoms with Crippen molar-refractivity contribution in [1.29, 1.82) is 0 Å². The van der Waals surface area contributed by atoms with Crippen LogP contribution in [-0.4, -0.2) is 18.9 Å². The number of esters is 1. The van der Waals surface area contributed by atoms with Gasteiger partial charge in [0.05, 0.1) is 4.90 Å². The van der Waals surface area contributed by atoms with Crippen LogP contribution in [0.2, 0.25) is 0 Å². The van der Waals surface area contributed by atoms with Crippen LogP contribution in [0.5, 0.6) is 5.75 Å². The van der Waals surface area contributed by atoms with Gasteiger partial charge in [-0.2, -0.15) is 8.42 Å². The van der Waals surface area contributed by atoms with Crippen molar-refractivity contribution in [3.8, 4) is 5.75 Å². The first-order chi connectivity index (χ1) is 9.79. The van der Waals surface area contributed by atoms with Crippen molar-refractivity contribution in [1.82, 2.24) is 0 Å². The number of rotatable bonds is 3. The Balaban J connectivity index is 2.54. The molecular weight excluding hydrogens is 292 g/mol. The molecular formula is C15H20O5S. The third-order valence-electron chi connectivity index (χ3n) is 3.88. The van der Waals surface area contributed by atoms with Gasteiger partial charge in [0.1, 0.15) is 5.75 Å². The highest BCUT2D eigenvalue weighted by Gasteiger charge is 2.25. The van der Waals surface area contributed by atoms with Crippen molar-refractivity contribution in [3.05, 3.63) is 23.3 Å². The third-order valence-corrected chi connectivity index (χ3v) is 4.79. The molecule has 1 aromatic rings. The molecule has 1 aliphatic rings. The van der Waals surface area contributed by atoms with Gasteiger partial charge in [0, 0.05) is 6.92 Å². The fraction of sp³-hybridized carbons (Fsp3) is 0.533. The van der Waals surface area contributed by atoms with Crippen molar-refractivity contribution in [3.63, 3.8) is 0 Å². The minimum Gasteiger partial charge on any atom is -0.426 e. The van der Waals surface area contributed by atoms with Crippen LogP contribution in [0.3, 0.4) is 0 Å². The van der Waals surface area contributed by atoms with Gasteiger partial charge in [-0.25, -0.2) is 0 Å². The monoisotopic (exact) mass is 312 g/mol. The Morgan fingerprint density at radius 3 is 2.38 bits per heavy atom. The number of hydrogen-bond donors (Lipinski definition) is 1. The van der Waals surface area contributed by atoms with Crippen LogP contribution >= 0.6 is 0 Å². The van der Waals surface area contributed by atoms with E-state index in [1.807, 2.05) is 0 Å². The van der Waals surface area contributed by atoms with E-state index in [4.69, 9.17) is 4.74 Å². The third kappa shape index (κ3) is 3.83. The number of benzene rings is 1. The molecule has 0 aliphatic heterocycles. The number of carbonyl (C=O) groups excluding carboxylic acids is 1. The zero-order valence-electron chi connectivity index (χ0n) is 12.3. The van der Waals surface area contributed by atoms with Crippen molar-refractivity contribution in [2.45, 2.75) is 56.8 Å². The topological polar surface area (TPSA) is 80.7 Å². The molecule has 1 aromatic carbocycles. The van der Waals surface area contributed by atoms with E-state index in [1.54, 1.807) is 13.0 Å². The summed E-state index contributed by atoms with van der Waals surface area (Å²) in [5, 5.41) is 0. The maximum atomic E-state index is 11.6. The van der Waals surface area contributed by atoms with Crippen molar-refractivity contribution >= 4 is 16.1 Å². The molecule has 0 amide bonds. The standard InChI is InChI=1S/C15H20O5S/c1-10-8-15(21(17,18)19)13(9-14(10)20-11(2)16)12-6-4-3-5-7-12/h8-9,12H,3-7H2,1-2H3,(H,17,18,19). The molecule has 1 N–H and O–H groups in total. The van der Waals surface area contributed by atoms with E-state index in [-0.39, 0.29) is 10.8 Å². The number of carbonyl (C=O) groups is 1. The molecule has 116 valence electrons. The van der Waals surface area contributed by atoms with Gasteiger partial charge in [-0.15, -0.1) is 0 Å². The minimum absolute atomic E-state index is 0.0668. The number of aryl methyl sites for hydroxylation is 1. The van der Waals surface area contributed by atoms with E-state index in [1.165, 1.54) is 13.0 Å². The summed E-state index contributed by atoms with van der Waals surface area (Å²) >= 11 is 0. The van der Waals surface area contributed by atoms with E-state index in [9.17, 15) is 17.8 Å². The summed E-state index contributed by atoms with van der Waals surface area (Å²) in [5.41, 5.74) is 1.07. The lowest BCUT2D eigenvalue weighted by atomic mass is 9.83. The molecule has 1 saturated carbocycles. The predicted octanol–water partition coefficient (Wildman–Crippen LogP) is 3.21. The maximum absolute atomic E-state index is 11.6. The normalized spacial score (nSPS) is 16.7.